The van der Waals surface area contributed by atoms with Gasteiger partial charge in [0.25, 0.3) is 0 Å². The van der Waals surface area contributed by atoms with Gasteiger partial charge in [-0.2, -0.15) is 5.10 Å². The Morgan fingerprint density at radius 3 is 2.49 bits per heavy atom. The fourth-order valence-corrected chi connectivity index (χ4v) is 6.53. The van der Waals surface area contributed by atoms with Crippen LogP contribution in [0.25, 0.3) is 16.9 Å². The topological polar surface area (TPSA) is 80.1 Å². The monoisotopic (exact) mass is 591 g/mol. The van der Waals surface area contributed by atoms with Gasteiger partial charge in [-0.1, -0.05) is 66.2 Å². The summed E-state index contributed by atoms with van der Waals surface area (Å²) in [6, 6.07) is 27.7. The molecule has 0 saturated heterocycles. The molecular weight excluding hydrogens is 561 g/mol. The molecule has 0 aliphatic carbocycles. The quantitative estimate of drug-likeness (QED) is 0.245. The minimum Gasteiger partial charge on any atom is -0.349 e. The summed E-state index contributed by atoms with van der Waals surface area (Å²) in [5, 5.41) is 7.71. The lowest BCUT2D eigenvalue weighted by molar-refractivity contribution is -0.123. The average molecular weight is 592 g/mol. The first-order chi connectivity index (χ1) is 20.9. The maximum Gasteiger partial charge on any atom is 0.240 e. The Balaban J connectivity index is 1.53. The molecule has 5 aromatic rings. The van der Waals surface area contributed by atoms with Crippen molar-refractivity contribution in [2.45, 2.75) is 25.6 Å². The lowest BCUT2D eigenvalue weighted by atomic mass is 9.99. The number of aryl methyl sites for hydroxylation is 2. The standard InChI is InChI=1S/C34H30FN5O2S/c1-22-11-16-28(23(2)18-22)40-34-31(32(38-40)24-8-4-3-5-9-24)33(25-12-14-26(35)15-13-25)43-21-30(42)39(34)20-29(41)37-19-27-10-6-7-17-36-27/h3-18,33H,19-21H2,1-2H3,(H,37,41)/t33-/m1/s1. The first-order valence-corrected chi connectivity index (χ1v) is 15.0. The van der Waals surface area contributed by atoms with E-state index in [9.17, 15) is 14.0 Å². The number of carbonyl (C=O) groups is 2. The van der Waals surface area contributed by atoms with Crippen LogP contribution >= 0.6 is 11.8 Å². The van der Waals surface area contributed by atoms with E-state index in [0.29, 0.717) is 11.5 Å². The van der Waals surface area contributed by atoms with Crippen LogP contribution in [-0.2, 0) is 16.1 Å². The number of anilines is 1. The van der Waals surface area contributed by atoms with Gasteiger partial charge in [0.1, 0.15) is 18.2 Å². The van der Waals surface area contributed by atoms with E-state index in [1.54, 1.807) is 27.9 Å². The fraction of sp³-hybridized carbons (Fsp3) is 0.176. The summed E-state index contributed by atoms with van der Waals surface area (Å²) in [4.78, 5) is 33.1. The molecular formula is C34H30FN5O2S. The van der Waals surface area contributed by atoms with Crippen LogP contribution in [0.3, 0.4) is 0 Å². The molecule has 0 radical (unpaired) electrons. The molecule has 216 valence electrons. The number of halogens is 1. The van der Waals surface area contributed by atoms with E-state index in [1.165, 1.54) is 23.9 Å². The van der Waals surface area contributed by atoms with Gasteiger partial charge in [0.15, 0.2) is 0 Å². The van der Waals surface area contributed by atoms with Gasteiger partial charge in [0.05, 0.1) is 34.6 Å². The van der Waals surface area contributed by atoms with Crippen LogP contribution in [-0.4, -0.2) is 38.9 Å². The molecule has 7 nitrogen and oxygen atoms in total. The zero-order chi connectivity index (χ0) is 29.9. The van der Waals surface area contributed by atoms with E-state index >= 15 is 0 Å². The number of thioether (sulfide) groups is 1. The van der Waals surface area contributed by atoms with Gasteiger partial charge in [0, 0.05) is 17.3 Å². The third-order valence-electron chi connectivity index (χ3n) is 7.38. The van der Waals surface area contributed by atoms with Crippen molar-refractivity contribution in [3.63, 3.8) is 0 Å². The number of hydrogen-bond acceptors (Lipinski definition) is 5. The van der Waals surface area contributed by atoms with Gasteiger partial charge in [-0.25, -0.2) is 9.07 Å². The maximum atomic E-state index is 14.0. The number of nitrogens with one attached hydrogen (secondary N) is 1. The Morgan fingerprint density at radius 2 is 1.77 bits per heavy atom. The summed E-state index contributed by atoms with van der Waals surface area (Å²) in [6.45, 7) is 4.08. The average Bonchev–Trinajstić information content (AvgIpc) is 3.33. The van der Waals surface area contributed by atoms with Gasteiger partial charge in [0.2, 0.25) is 11.8 Å². The van der Waals surface area contributed by atoms with Crippen LogP contribution in [0.4, 0.5) is 10.2 Å². The highest BCUT2D eigenvalue weighted by Crippen LogP contribution is 2.48. The van der Waals surface area contributed by atoms with E-state index < -0.39 is 0 Å². The van der Waals surface area contributed by atoms with Crippen LogP contribution in [0.15, 0.2) is 97.2 Å². The van der Waals surface area contributed by atoms with E-state index in [0.717, 1.165) is 39.2 Å². The highest BCUT2D eigenvalue weighted by molar-refractivity contribution is 8.00. The predicted molar refractivity (Wildman–Crippen MR) is 168 cm³/mol. The molecule has 6 rings (SSSR count). The van der Waals surface area contributed by atoms with Gasteiger partial charge in [-0.05, 0) is 55.3 Å². The van der Waals surface area contributed by atoms with Gasteiger partial charge < -0.3 is 5.32 Å². The van der Waals surface area contributed by atoms with Crippen LogP contribution in [0, 0.1) is 19.7 Å². The van der Waals surface area contributed by atoms with Crippen molar-refractivity contribution in [1.29, 1.82) is 0 Å². The fourth-order valence-electron chi connectivity index (χ4n) is 5.33. The summed E-state index contributed by atoms with van der Waals surface area (Å²) in [5.41, 5.74) is 6.83. The Labute approximate surface area is 253 Å². The number of amides is 2. The molecule has 9 heteroatoms. The lowest BCUT2D eigenvalue weighted by Gasteiger charge is -2.24. The Kier molecular flexibility index (Phi) is 8.07. The third-order valence-corrected chi connectivity index (χ3v) is 8.64. The minimum absolute atomic E-state index is 0.130. The molecule has 0 unspecified atom stereocenters. The number of hydrogen-bond donors (Lipinski definition) is 1. The Hall–Kier alpha value is -4.76. The molecule has 1 aliphatic heterocycles. The van der Waals surface area contributed by atoms with E-state index in [2.05, 4.69) is 16.4 Å². The number of fused-ring (bicyclic) bond motifs is 1. The van der Waals surface area contributed by atoms with Gasteiger partial charge >= 0.3 is 0 Å². The molecule has 1 N–H and O–H groups in total. The molecule has 3 heterocycles. The van der Waals surface area contributed by atoms with Gasteiger partial charge in [-0.3, -0.25) is 19.5 Å². The number of aromatic nitrogens is 3. The molecule has 3 aromatic carbocycles. The number of pyridine rings is 1. The third kappa shape index (κ3) is 5.94. The Bertz CT molecular complexity index is 1770. The second-order valence-electron chi connectivity index (χ2n) is 10.5. The molecule has 0 spiro atoms. The van der Waals surface area contributed by atoms with Crippen molar-refractivity contribution >= 4 is 29.4 Å². The normalized spacial score (nSPS) is 14.7. The molecule has 1 atom stereocenters. The van der Waals surface area contributed by atoms with Crippen LogP contribution in [0.5, 0.6) is 0 Å². The SMILES string of the molecule is Cc1ccc(-n2nc(-c3ccccc3)c3c2N(CC(=O)NCc2ccccn2)C(=O)CS[C@@H]3c2ccc(F)cc2)c(C)c1. The van der Waals surface area contributed by atoms with Crippen LogP contribution in [0.2, 0.25) is 0 Å². The van der Waals surface area contributed by atoms with E-state index in [1.807, 2.05) is 74.5 Å². The number of benzene rings is 3. The molecule has 0 bridgehead atoms. The van der Waals surface area contributed by atoms with Crippen LogP contribution < -0.4 is 10.2 Å². The van der Waals surface area contributed by atoms with Crippen molar-refractivity contribution in [1.82, 2.24) is 20.1 Å². The first-order valence-electron chi connectivity index (χ1n) is 14.0. The minimum atomic E-state index is -0.337. The van der Waals surface area contributed by atoms with Crippen molar-refractivity contribution in [2.75, 3.05) is 17.2 Å². The summed E-state index contributed by atoms with van der Waals surface area (Å²) >= 11 is 1.45. The largest absolute Gasteiger partial charge is 0.349 e. The molecule has 0 fully saturated rings. The molecule has 2 amide bonds. The zero-order valence-electron chi connectivity index (χ0n) is 23.8. The van der Waals surface area contributed by atoms with Crippen molar-refractivity contribution in [2.24, 2.45) is 0 Å². The predicted octanol–water partition coefficient (Wildman–Crippen LogP) is 6.18. The molecule has 1 aliphatic rings. The maximum absolute atomic E-state index is 14.0. The number of nitrogens with zero attached hydrogens (tertiary/aromatic N) is 4. The first kappa shape index (κ1) is 28.4. The van der Waals surface area contributed by atoms with Crippen molar-refractivity contribution in [3.8, 4) is 16.9 Å². The number of carbonyl (C=O) groups excluding carboxylic acids is 2. The van der Waals surface area contributed by atoms with Gasteiger partial charge in [-0.15, -0.1) is 11.8 Å². The van der Waals surface area contributed by atoms with Crippen molar-refractivity contribution < 1.29 is 14.0 Å². The highest BCUT2D eigenvalue weighted by Gasteiger charge is 2.38. The van der Waals surface area contributed by atoms with Crippen LogP contribution in [0.1, 0.15) is 33.2 Å². The van der Waals surface area contributed by atoms with E-state index in [-0.39, 0.29) is 41.7 Å². The lowest BCUT2D eigenvalue weighted by Crippen LogP contribution is -2.42. The molecule has 2 aromatic heterocycles. The highest BCUT2D eigenvalue weighted by atomic mass is 32.2. The Morgan fingerprint density at radius 1 is 1.00 bits per heavy atom. The van der Waals surface area contributed by atoms with E-state index in [4.69, 9.17) is 5.10 Å². The summed E-state index contributed by atoms with van der Waals surface area (Å²) in [7, 11) is 0. The summed E-state index contributed by atoms with van der Waals surface area (Å²) in [6.07, 6.45) is 1.67. The zero-order valence-corrected chi connectivity index (χ0v) is 24.6. The smallest absolute Gasteiger partial charge is 0.240 e. The van der Waals surface area contributed by atoms with Crippen molar-refractivity contribution in [3.05, 3.63) is 131 Å². The second kappa shape index (κ2) is 12.2. The molecule has 43 heavy (non-hydrogen) atoms. The number of rotatable bonds is 7. The second-order valence-corrected chi connectivity index (χ2v) is 11.6. The summed E-state index contributed by atoms with van der Waals surface area (Å²) < 4.78 is 15.8. The summed E-state index contributed by atoms with van der Waals surface area (Å²) in [5.74, 6) is -0.202. The molecule has 0 saturated carbocycles.